The number of pyridine rings is 1. The number of nitrogens with zero attached hydrogens (tertiary/aromatic N) is 3. The Balaban J connectivity index is 1.72. The molecule has 0 bridgehead atoms. The van der Waals surface area contributed by atoms with Crippen molar-refractivity contribution in [2.45, 2.75) is 38.1 Å². The largest absolute Gasteiger partial charge is 0.292 e. The lowest BCUT2D eigenvalue weighted by molar-refractivity contribution is 0.0987. The molecular formula is C15H15Cl2N3O. The van der Waals surface area contributed by atoms with Crippen LogP contribution in [0.1, 0.15) is 47.9 Å². The van der Waals surface area contributed by atoms with Gasteiger partial charge >= 0.3 is 0 Å². The van der Waals surface area contributed by atoms with Gasteiger partial charge in [-0.25, -0.2) is 4.98 Å². The zero-order valence-electron chi connectivity index (χ0n) is 11.4. The Morgan fingerprint density at radius 1 is 1.33 bits per heavy atom. The van der Waals surface area contributed by atoms with Crippen molar-refractivity contribution in [1.29, 1.82) is 0 Å². The molecule has 0 amide bonds. The number of ketones is 1. The van der Waals surface area contributed by atoms with Crippen molar-refractivity contribution < 1.29 is 4.79 Å². The Hall–Kier alpha value is -1.39. The van der Waals surface area contributed by atoms with Gasteiger partial charge in [0.2, 0.25) is 0 Å². The van der Waals surface area contributed by atoms with E-state index < -0.39 is 0 Å². The van der Waals surface area contributed by atoms with Crippen LogP contribution in [-0.2, 0) is 6.42 Å². The number of carbonyl (C=O) groups is 1. The quantitative estimate of drug-likeness (QED) is 0.795. The molecule has 3 rings (SSSR count). The van der Waals surface area contributed by atoms with Crippen molar-refractivity contribution in [1.82, 2.24) is 14.8 Å². The summed E-state index contributed by atoms with van der Waals surface area (Å²) in [5.41, 5.74) is 0.996. The minimum Gasteiger partial charge on any atom is -0.292 e. The fourth-order valence-electron chi connectivity index (χ4n) is 2.71. The predicted octanol–water partition coefficient (Wildman–Crippen LogP) is 4.13. The Morgan fingerprint density at radius 3 is 2.81 bits per heavy atom. The maximum Gasteiger partial charge on any atom is 0.188 e. The number of rotatable bonds is 4. The first-order valence-electron chi connectivity index (χ1n) is 7.02. The van der Waals surface area contributed by atoms with Crippen LogP contribution in [0.2, 0.25) is 10.0 Å². The van der Waals surface area contributed by atoms with E-state index in [0.717, 1.165) is 5.69 Å². The maximum atomic E-state index is 12.2. The monoisotopic (exact) mass is 323 g/mol. The summed E-state index contributed by atoms with van der Waals surface area (Å²) in [6, 6.07) is 3.90. The molecule has 0 aromatic carbocycles. The summed E-state index contributed by atoms with van der Waals surface area (Å²) in [6.45, 7) is 0. The van der Waals surface area contributed by atoms with Gasteiger partial charge in [0.1, 0.15) is 5.69 Å². The highest BCUT2D eigenvalue weighted by molar-refractivity contribution is 6.36. The first-order chi connectivity index (χ1) is 10.1. The van der Waals surface area contributed by atoms with Gasteiger partial charge < -0.3 is 0 Å². The van der Waals surface area contributed by atoms with Crippen LogP contribution in [-0.4, -0.2) is 20.5 Å². The first kappa shape index (κ1) is 14.5. The van der Waals surface area contributed by atoms with Crippen molar-refractivity contribution in [2.75, 3.05) is 0 Å². The summed E-state index contributed by atoms with van der Waals surface area (Å²) in [4.78, 5) is 16.2. The molecular weight excluding hydrogens is 309 g/mol. The van der Waals surface area contributed by atoms with Gasteiger partial charge in [-0.15, -0.1) is 0 Å². The minimum atomic E-state index is -0.145. The van der Waals surface area contributed by atoms with Gasteiger partial charge in [-0.3, -0.25) is 9.48 Å². The SMILES string of the molecule is O=C(Cc1ccn(C2CCCC2)n1)c1ncc(Cl)cc1Cl. The molecule has 1 aliphatic rings. The summed E-state index contributed by atoms with van der Waals surface area (Å²) < 4.78 is 1.98. The summed E-state index contributed by atoms with van der Waals surface area (Å²) >= 11 is 11.8. The topological polar surface area (TPSA) is 47.8 Å². The van der Waals surface area contributed by atoms with Crippen molar-refractivity contribution in [3.63, 3.8) is 0 Å². The minimum absolute atomic E-state index is 0.145. The highest BCUT2D eigenvalue weighted by atomic mass is 35.5. The lowest BCUT2D eigenvalue weighted by Crippen LogP contribution is -2.09. The van der Waals surface area contributed by atoms with E-state index in [1.807, 2.05) is 16.9 Å². The molecule has 1 fully saturated rings. The molecule has 0 saturated heterocycles. The molecule has 0 radical (unpaired) electrons. The Morgan fingerprint density at radius 2 is 2.10 bits per heavy atom. The summed E-state index contributed by atoms with van der Waals surface area (Å²) in [5, 5.41) is 5.20. The van der Waals surface area contributed by atoms with Crippen molar-refractivity contribution in [3.05, 3.63) is 46.0 Å². The smallest absolute Gasteiger partial charge is 0.188 e. The van der Waals surface area contributed by atoms with Crippen molar-refractivity contribution >= 4 is 29.0 Å². The normalized spacial score (nSPS) is 15.5. The molecule has 21 heavy (non-hydrogen) atoms. The van der Waals surface area contributed by atoms with Crippen LogP contribution in [0.3, 0.4) is 0 Å². The van der Waals surface area contributed by atoms with Crippen LogP contribution < -0.4 is 0 Å². The van der Waals surface area contributed by atoms with Gasteiger partial charge in [-0.2, -0.15) is 5.10 Å². The highest BCUT2D eigenvalue weighted by Gasteiger charge is 2.19. The molecule has 6 heteroatoms. The zero-order valence-corrected chi connectivity index (χ0v) is 12.9. The van der Waals surface area contributed by atoms with E-state index in [1.165, 1.54) is 37.9 Å². The van der Waals surface area contributed by atoms with E-state index in [9.17, 15) is 4.79 Å². The standard InChI is InChI=1S/C15H15Cl2N3O/c16-10-7-13(17)15(18-9-10)14(21)8-11-5-6-20(19-11)12-3-1-2-4-12/h5-7,9,12H,1-4,8H2. The molecule has 0 atom stereocenters. The Bertz CT molecular complexity index is 663. The van der Waals surface area contributed by atoms with E-state index in [0.29, 0.717) is 11.1 Å². The first-order valence-corrected chi connectivity index (χ1v) is 7.77. The molecule has 0 N–H and O–H groups in total. The second kappa shape index (κ2) is 6.16. The van der Waals surface area contributed by atoms with Crippen molar-refractivity contribution in [3.8, 4) is 0 Å². The fourth-order valence-corrected chi connectivity index (χ4v) is 3.20. The van der Waals surface area contributed by atoms with Gasteiger partial charge in [0.25, 0.3) is 0 Å². The predicted molar refractivity (Wildman–Crippen MR) is 82.0 cm³/mol. The molecule has 110 valence electrons. The molecule has 4 nitrogen and oxygen atoms in total. The third kappa shape index (κ3) is 3.27. The van der Waals surface area contributed by atoms with Crippen LogP contribution in [0.15, 0.2) is 24.5 Å². The van der Waals surface area contributed by atoms with Crippen LogP contribution in [0.4, 0.5) is 0 Å². The van der Waals surface area contributed by atoms with E-state index in [1.54, 1.807) is 0 Å². The molecule has 0 spiro atoms. The third-order valence-electron chi connectivity index (χ3n) is 3.78. The number of halogens is 2. The van der Waals surface area contributed by atoms with Gasteiger partial charge in [-0.1, -0.05) is 36.0 Å². The molecule has 0 aliphatic heterocycles. The number of hydrogen-bond donors (Lipinski definition) is 0. The van der Waals surface area contributed by atoms with Gasteiger partial charge in [0, 0.05) is 12.4 Å². The van der Waals surface area contributed by atoms with Gasteiger partial charge in [-0.05, 0) is 25.0 Å². The number of carbonyl (C=O) groups excluding carboxylic acids is 1. The van der Waals surface area contributed by atoms with E-state index >= 15 is 0 Å². The number of hydrogen-bond acceptors (Lipinski definition) is 3. The molecule has 2 heterocycles. The Kier molecular flexibility index (Phi) is 4.27. The second-order valence-corrected chi connectivity index (χ2v) is 6.15. The average molecular weight is 324 g/mol. The molecule has 1 aliphatic carbocycles. The van der Waals surface area contributed by atoms with Crippen LogP contribution in [0, 0.1) is 0 Å². The average Bonchev–Trinajstić information content (AvgIpc) is 3.08. The van der Waals surface area contributed by atoms with E-state index in [-0.39, 0.29) is 22.9 Å². The van der Waals surface area contributed by atoms with Crippen molar-refractivity contribution in [2.24, 2.45) is 0 Å². The lowest BCUT2D eigenvalue weighted by Gasteiger charge is -2.08. The van der Waals surface area contributed by atoms with Gasteiger partial charge in [0.15, 0.2) is 5.78 Å². The fraction of sp³-hybridized carbons (Fsp3) is 0.400. The maximum absolute atomic E-state index is 12.2. The molecule has 2 aromatic heterocycles. The highest BCUT2D eigenvalue weighted by Crippen LogP contribution is 2.28. The van der Waals surface area contributed by atoms with Crippen LogP contribution in [0.25, 0.3) is 0 Å². The summed E-state index contributed by atoms with van der Waals surface area (Å²) in [6.07, 6.45) is 8.42. The molecule has 2 aromatic rings. The Labute approximate surface area is 133 Å². The molecule has 0 unspecified atom stereocenters. The third-order valence-corrected chi connectivity index (χ3v) is 4.27. The van der Waals surface area contributed by atoms with Crippen LogP contribution >= 0.6 is 23.2 Å². The van der Waals surface area contributed by atoms with E-state index in [4.69, 9.17) is 23.2 Å². The lowest BCUT2D eigenvalue weighted by atomic mass is 10.1. The van der Waals surface area contributed by atoms with Gasteiger partial charge in [0.05, 0.1) is 28.2 Å². The number of aromatic nitrogens is 3. The number of Topliss-reactive ketones (excluding diaryl/α,β-unsaturated/α-hetero) is 1. The summed E-state index contributed by atoms with van der Waals surface area (Å²) in [7, 11) is 0. The summed E-state index contributed by atoms with van der Waals surface area (Å²) in [5.74, 6) is -0.145. The van der Waals surface area contributed by atoms with Crippen LogP contribution in [0.5, 0.6) is 0 Å². The van der Waals surface area contributed by atoms with E-state index in [2.05, 4.69) is 10.1 Å². The molecule has 1 saturated carbocycles. The zero-order chi connectivity index (χ0) is 14.8. The second-order valence-electron chi connectivity index (χ2n) is 5.31.